The van der Waals surface area contributed by atoms with Gasteiger partial charge in [-0.25, -0.2) is 4.98 Å². The van der Waals surface area contributed by atoms with Gasteiger partial charge in [0.05, 0.1) is 24.1 Å². The Morgan fingerprint density at radius 2 is 1.83 bits per heavy atom. The molecule has 1 atom stereocenters. The normalized spacial score (nSPS) is 17.4. The molecule has 1 unspecified atom stereocenters. The maximum absolute atomic E-state index is 13.2. The number of aryl methyl sites for hydroxylation is 1. The number of benzene rings is 2. The Morgan fingerprint density at radius 1 is 1.03 bits per heavy atom. The number of fused-ring (bicyclic) bond motifs is 2. The van der Waals surface area contributed by atoms with Crippen LogP contribution in [0.5, 0.6) is 5.75 Å². The first kappa shape index (κ1) is 23.5. The minimum atomic E-state index is -0.146. The number of carbonyl (C=O) groups excluding carboxylic acids is 1. The van der Waals surface area contributed by atoms with Crippen LogP contribution in [0.3, 0.4) is 0 Å². The van der Waals surface area contributed by atoms with Gasteiger partial charge in [0.2, 0.25) is 0 Å². The molecule has 2 aliphatic rings. The lowest BCUT2D eigenvalue weighted by Crippen LogP contribution is -2.36. The van der Waals surface area contributed by atoms with E-state index in [1.165, 1.54) is 19.3 Å². The highest BCUT2D eigenvalue weighted by atomic mass is 16.5. The van der Waals surface area contributed by atoms with E-state index >= 15 is 0 Å². The van der Waals surface area contributed by atoms with Crippen LogP contribution in [0.1, 0.15) is 66.3 Å². The summed E-state index contributed by atoms with van der Waals surface area (Å²) in [5.74, 6) is 1.51. The minimum Gasteiger partial charge on any atom is -0.497 e. The van der Waals surface area contributed by atoms with Crippen molar-refractivity contribution in [3.05, 3.63) is 69.8 Å². The largest absolute Gasteiger partial charge is 0.497 e. The van der Waals surface area contributed by atoms with Crippen LogP contribution in [-0.4, -0.2) is 47.1 Å². The molecule has 3 aromatic rings. The molecule has 0 spiro atoms. The molecule has 7 heteroatoms. The SMILES string of the molecule is COc1cccc(C(CNC(=O)c2ccc3c(=O)n4c(nc3c2)CCCCCC4)N2CCCC2)c1. The Labute approximate surface area is 206 Å². The van der Waals surface area contributed by atoms with Crippen molar-refractivity contribution in [1.82, 2.24) is 19.8 Å². The van der Waals surface area contributed by atoms with Crippen molar-refractivity contribution in [3.8, 4) is 5.75 Å². The summed E-state index contributed by atoms with van der Waals surface area (Å²) < 4.78 is 7.26. The molecule has 184 valence electrons. The van der Waals surface area contributed by atoms with Gasteiger partial charge in [-0.15, -0.1) is 0 Å². The summed E-state index contributed by atoms with van der Waals surface area (Å²) in [5, 5.41) is 3.72. The summed E-state index contributed by atoms with van der Waals surface area (Å²) in [6.07, 6.45) is 7.51. The summed E-state index contributed by atoms with van der Waals surface area (Å²) in [6, 6.07) is 13.4. The van der Waals surface area contributed by atoms with Crippen LogP contribution in [0.2, 0.25) is 0 Å². The number of nitrogens with one attached hydrogen (secondary N) is 1. The van der Waals surface area contributed by atoms with Gasteiger partial charge in [-0.2, -0.15) is 0 Å². The smallest absolute Gasteiger partial charge is 0.261 e. The van der Waals surface area contributed by atoms with Gasteiger partial charge >= 0.3 is 0 Å². The van der Waals surface area contributed by atoms with Crippen LogP contribution < -0.4 is 15.6 Å². The number of hydrogen-bond acceptors (Lipinski definition) is 5. The number of ether oxygens (including phenoxy) is 1. The topological polar surface area (TPSA) is 76.5 Å². The third-order valence-electron chi connectivity index (χ3n) is 7.34. The van der Waals surface area contributed by atoms with Crippen molar-refractivity contribution in [2.24, 2.45) is 0 Å². The first-order valence-electron chi connectivity index (χ1n) is 12.8. The number of aromatic nitrogens is 2. The molecule has 1 aromatic heterocycles. The molecular weight excluding hydrogens is 440 g/mol. The van der Waals surface area contributed by atoms with Crippen molar-refractivity contribution >= 4 is 16.8 Å². The molecule has 1 N–H and O–H groups in total. The molecule has 0 aliphatic carbocycles. The number of amides is 1. The third kappa shape index (κ3) is 5.10. The Kier molecular flexibility index (Phi) is 7.13. The van der Waals surface area contributed by atoms with Crippen molar-refractivity contribution in [2.45, 2.75) is 57.5 Å². The van der Waals surface area contributed by atoms with E-state index < -0.39 is 0 Å². The first-order valence-corrected chi connectivity index (χ1v) is 12.8. The number of nitrogens with zero attached hydrogens (tertiary/aromatic N) is 3. The molecule has 35 heavy (non-hydrogen) atoms. The van der Waals surface area contributed by atoms with Gasteiger partial charge in [0.25, 0.3) is 11.5 Å². The molecule has 0 radical (unpaired) electrons. The molecule has 0 saturated carbocycles. The van der Waals surface area contributed by atoms with Gasteiger partial charge in [-0.05, 0) is 74.7 Å². The summed E-state index contributed by atoms with van der Waals surface area (Å²) in [7, 11) is 1.67. The monoisotopic (exact) mass is 474 g/mol. The van der Waals surface area contributed by atoms with E-state index in [2.05, 4.69) is 22.3 Å². The van der Waals surface area contributed by atoms with E-state index in [1.807, 2.05) is 16.7 Å². The standard InChI is InChI=1S/C28H34N4O3/c1-35-22-10-8-9-20(17-22)25(31-14-6-7-15-31)19-29-27(33)21-12-13-23-24(18-21)30-26-11-4-2-3-5-16-32(26)28(23)34/h8-10,12-13,17-18,25H,2-7,11,14-16,19H2,1H3,(H,29,33). The fourth-order valence-electron chi connectivity index (χ4n) is 5.39. The number of carbonyl (C=O) groups is 1. The summed E-state index contributed by atoms with van der Waals surface area (Å²) in [6.45, 7) is 3.27. The minimum absolute atomic E-state index is 0.00554. The van der Waals surface area contributed by atoms with Crippen LogP contribution in [0.15, 0.2) is 47.3 Å². The van der Waals surface area contributed by atoms with Crippen LogP contribution in [0, 0.1) is 0 Å². The highest BCUT2D eigenvalue weighted by Gasteiger charge is 2.25. The predicted molar refractivity (Wildman–Crippen MR) is 137 cm³/mol. The zero-order chi connectivity index (χ0) is 24.2. The maximum atomic E-state index is 13.2. The Bertz CT molecular complexity index is 1260. The van der Waals surface area contributed by atoms with Gasteiger partial charge in [-0.3, -0.25) is 19.1 Å². The third-order valence-corrected chi connectivity index (χ3v) is 7.34. The molecular formula is C28H34N4O3. The van der Waals surface area contributed by atoms with Gasteiger partial charge in [-0.1, -0.05) is 25.0 Å². The lowest BCUT2D eigenvalue weighted by atomic mass is 10.0. The zero-order valence-electron chi connectivity index (χ0n) is 20.5. The van der Waals surface area contributed by atoms with Crippen molar-refractivity contribution in [2.75, 3.05) is 26.7 Å². The fraction of sp³-hybridized carbons (Fsp3) is 0.464. The van der Waals surface area contributed by atoms with Crippen LogP contribution in [0.4, 0.5) is 0 Å². The number of rotatable bonds is 6. The fourth-order valence-corrected chi connectivity index (χ4v) is 5.39. The van der Waals surface area contributed by atoms with Crippen molar-refractivity contribution < 1.29 is 9.53 Å². The Balaban J connectivity index is 1.37. The first-order chi connectivity index (χ1) is 17.1. The average Bonchev–Trinajstić information content (AvgIpc) is 3.40. The predicted octanol–water partition coefficient (Wildman–Crippen LogP) is 4.09. The van der Waals surface area contributed by atoms with E-state index in [-0.39, 0.29) is 17.5 Å². The van der Waals surface area contributed by atoms with Crippen molar-refractivity contribution in [3.63, 3.8) is 0 Å². The van der Waals surface area contributed by atoms with Gasteiger partial charge in [0.1, 0.15) is 11.6 Å². The summed E-state index contributed by atoms with van der Waals surface area (Å²) >= 11 is 0. The molecule has 1 saturated heterocycles. The number of methoxy groups -OCH3 is 1. The Hall–Kier alpha value is -3.19. The van der Waals surface area contributed by atoms with E-state index in [9.17, 15) is 9.59 Å². The molecule has 2 aromatic carbocycles. The van der Waals surface area contributed by atoms with Gasteiger partial charge in [0, 0.05) is 25.1 Å². The summed E-state index contributed by atoms with van der Waals surface area (Å²) in [5.41, 5.74) is 2.29. The molecule has 2 aliphatic heterocycles. The van der Waals surface area contributed by atoms with E-state index in [0.717, 1.165) is 62.5 Å². The lowest BCUT2D eigenvalue weighted by Gasteiger charge is -2.28. The summed E-state index contributed by atoms with van der Waals surface area (Å²) in [4.78, 5) is 33.5. The van der Waals surface area contributed by atoms with Gasteiger partial charge < -0.3 is 10.1 Å². The molecule has 5 rings (SSSR count). The average molecular weight is 475 g/mol. The second-order valence-electron chi connectivity index (χ2n) is 9.63. The second kappa shape index (κ2) is 10.6. The van der Waals surface area contributed by atoms with Crippen LogP contribution in [0.25, 0.3) is 10.9 Å². The van der Waals surface area contributed by atoms with E-state index in [0.29, 0.717) is 23.0 Å². The van der Waals surface area contributed by atoms with E-state index in [4.69, 9.17) is 9.72 Å². The lowest BCUT2D eigenvalue weighted by molar-refractivity contribution is 0.0938. The van der Waals surface area contributed by atoms with Gasteiger partial charge in [0.15, 0.2) is 0 Å². The quantitative estimate of drug-likeness (QED) is 0.582. The maximum Gasteiger partial charge on any atom is 0.261 e. The molecule has 7 nitrogen and oxygen atoms in total. The number of hydrogen-bond donors (Lipinski definition) is 1. The molecule has 1 amide bonds. The van der Waals surface area contributed by atoms with Crippen molar-refractivity contribution in [1.29, 1.82) is 0 Å². The van der Waals surface area contributed by atoms with Crippen LogP contribution >= 0.6 is 0 Å². The Morgan fingerprint density at radius 3 is 2.66 bits per heavy atom. The highest BCUT2D eigenvalue weighted by Crippen LogP contribution is 2.27. The second-order valence-corrected chi connectivity index (χ2v) is 9.63. The van der Waals surface area contributed by atoms with E-state index in [1.54, 1.807) is 25.3 Å². The molecule has 1 fully saturated rings. The van der Waals surface area contributed by atoms with Crippen LogP contribution in [-0.2, 0) is 13.0 Å². The number of likely N-dealkylation sites (tertiary alicyclic amines) is 1. The molecule has 3 heterocycles. The highest BCUT2D eigenvalue weighted by molar-refractivity contribution is 5.97. The zero-order valence-corrected chi connectivity index (χ0v) is 20.5. The molecule has 0 bridgehead atoms.